The van der Waals surface area contributed by atoms with Crippen LogP contribution in [0.3, 0.4) is 0 Å². The summed E-state index contributed by atoms with van der Waals surface area (Å²) in [6.07, 6.45) is 4.24. The molecule has 5 heteroatoms. The van der Waals surface area contributed by atoms with E-state index in [0.29, 0.717) is 11.5 Å². The summed E-state index contributed by atoms with van der Waals surface area (Å²) >= 11 is 6.08. The molecule has 1 fully saturated rings. The molecule has 0 atom stereocenters. The van der Waals surface area contributed by atoms with Crippen molar-refractivity contribution in [3.63, 3.8) is 0 Å². The lowest BCUT2D eigenvalue weighted by Crippen LogP contribution is -2.38. The Balaban J connectivity index is 1.45. The highest BCUT2D eigenvalue weighted by Gasteiger charge is 2.23. The molecule has 2 N–H and O–H groups in total. The number of hydrogen-bond donors (Lipinski definition) is 2. The van der Waals surface area contributed by atoms with Gasteiger partial charge in [-0.3, -0.25) is 4.79 Å². The van der Waals surface area contributed by atoms with Gasteiger partial charge in [0, 0.05) is 24.0 Å². The maximum atomic E-state index is 12.4. The highest BCUT2D eigenvalue weighted by atomic mass is 35.5. The van der Waals surface area contributed by atoms with Crippen molar-refractivity contribution < 1.29 is 4.79 Å². The van der Waals surface area contributed by atoms with Gasteiger partial charge in [-0.15, -0.1) is 0 Å². The minimum Gasteiger partial charge on any atom is -0.385 e. The Hall–Kier alpha value is -2.07. The molecular weight excluding hydrogens is 334 g/mol. The van der Waals surface area contributed by atoms with E-state index in [1.54, 1.807) is 6.07 Å². The van der Waals surface area contributed by atoms with Crippen LogP contribution in [0.15, 0.2) is 42.5 Å². The zero-order valence-corrected chi connectivity index (χ0v) is 15.2. The van der Waals surface area contributed by atoms with E-state index in [-0.39, 0.29) is 17.1 Å². The molecule has 1 amide bonds. The van der Waals surface area contributed by atoms with E-state index < -0.39 is 0 Å². The van der Waals surface area contributed by atoms with Crippen molar-refractivity contribution in [2.75, 3.05) is 11.9 Å². The average Bonchev–Trinajstić information content (AvgIpc) is 2.62. The summed E-state index contributed by atoms with van der Waals surface area (Å²) in [6, 6.07) is 14.1. The topological polar surface area (TPSA) is 54.0 Å². The largest absolute Gasteiger partial charge is 0.385 e. The standard InChI is InChI=1S/C20H24ClN3O/c1-14-7-12-18(19(21)23-14)20(25)24-17-10-8-15(9-11-17)13-22-16-5-3-2-4-6-16/h2-7,12,15,17,22H,8-11,13H2,1H3,(H,24,25). The highest BCUT2D eigenvalue weighted by molar-refractivity contribution is 6.32. The molecular formula is C20H24ClN3O. The maximum Gasteiger partial charge on any atom is 0.254 e. The van der Waals surface area contributed by atoms with Crippen LogP contribution in [-0.4, -0.2) is 23.5 Å². The number of pyridine rings is 1. The molecule has 25 heavy (non-hydrogen) atoms. The zero-order chi connectivity index (χ0) is 17.6. The molecule has 1 aromatic carbocycles. The van der Waals surface area contributed by atoms with Gasteiger partial charge in [0.2, 0.25) is 0 Å². The first-order valence-corrected chi connectivity index (χ1v) is 9.22. The van der Waals surface area contributed by atoms with Crippen molar-refractivity contribution in [2.24, 2.45) is 5.92 Å². The molecule has 0 saturated heterocycles. The van der Waals surface area contributed by atoms with Crippen molar-refractivity contribution in [3.8, 4) is 0 Å². The van der Waals surface area contributed by atoms with Gasteiger partial charge in [0.05, 0.1) is 5.56 Å². The van der Waals surface area contributed by atoms with E-state index in [1.807, 2.05) is 31.2 Å². The number of nitrogens with one attached hydrogen (secondary N) is 2. The van der Waals surface area contributed by atoms with Crippen LogP contribution in [0.1, 0.15) is 41.7 Å². The Morgan fingerprint density at radius 3 is 2.52 bits per heavy atom. The average molecular weight is 358 g/mol. The van der Waals surface area contributed by atoms with Crippen molar-refractivity contribution in [1.82, 2.24) is 10.3 Å². The third-order valence-electron chi connectivity index (χ3n) is 4.78. The molecule has 1 saturated carbocycles. The molecule has 132 valence electrons. The van der Waals surface area contributed by atoms with E-state index in [4.69, 9.17) is 11.6 Å². The number of nitrogens with zero attached hydrogens (tertiary/aromatic N) is 1. The van der Waals surface area contributed by atoms with Gasteiger partial charge in [0.15, 0.2) is 0 Å². The second kappa shape index (κ2) is 8.34. The fourth-order valence-electron chi connectivity index (χ4n) is 3.29. The number of rotatable bonds is 5. The van der Waals surface area contributed by atoms with Crippen LogP contribution in [0.5, 0.6) is 0 Å². The normalized spacial score (nSPS) is 20.1. The zero-order valence-electron chi connectivity index (χ0n) is 14.5. The number of amides is 1. The molecule has 2 aromatic rings. The van der Waals surface area contributed by atoms with E-state index in [2.05, 4.69) is 27.8 Å². The lowest BCUT2D eigenvalue weighted by molar-refractivity contribution is 0.0922. The van der Waals surface area contributed by atoms with Gasteiger partial charge in [-0.2, -0.15) is 0 Å². The number of aryl methyl sites for hydroxylation is 1. The second-order valence-corrected chi connectivity index (χ2v) is 7.09. The van der Waals surface area contributed by atoms with Crippen molar-refractivity contribution >= 4 is 23.2 Å². The lowest BCUT2D eigenvalue weighted by Gasteiger charge is -2.29. The van der Waals surface area contributed by atoms with Crippen LogP contribution in [0, 0.1) is 12.8 Å². The van der Waals surface area contributed by atoms with E-state index in [9.17, 15) is 4.79 Å². The van der Waals surface area contributed by atoms with Crippen LogP contribution in [0.4, 0.5) is 5.69 Å². The molecule has 0 bridgehead atoms. The van der Waals surface area contributed by atoms with E-state index >= 15 is 0 Å². The SMILES string of the molecule is Cc1ccc(C(=O)NC2CCC(CNc3ccccc3)CC2)c(Cl)n1. The summed E-state index contributed by atoms with van der Waals surface area (Å²) < 4.78 is 0. The Labute approximate surface area is 154 Å². The number of carbonyl (C=O) groups excluding carboxylic acids is 1. The minimum atomic E-state index is -0.122. The van der Waals surface area contributed by atoms with Crippen LogP contribution in [0.25, 0.3) is 0 Å². The fourth-order valence-corrected chi connectivity index (χ4v) is 3.57. The van der Waals surface area contributed by atoms with Gasteiger partial charge >= 0.3 is 0 Å². The van der Waals surface area contributed by atoms with Crippen molar-refractivity contribution in [2.45, 2.75) is 38.6 Å². The fraction of sp³-hybridized carbons (Fsp3) is 0.400. The highest BCUT2D eigenvalue weighted by Crippen LogP contribution is 2.25. The first-order chi connectivity index (χ1) is 12.1. The number of para-hydroxylation sites is 1. The monoisotopic (exact) mass is 357 g/mol. The van der Waals surface area contributed by atoms with E-state index in [1.165, 1.54) is 5.69 Å². The number of carbonyl (C=O) groups is 1. The Morgan fingerprint density at radius 2 is 1.84 bits per heavy atom. The number of halogens is 1. The Bertz CT molecular complexity index is 712. The van der Waals surface area contributed by atoms with Gasteiger partial charge in [0.25, 0.3) is 5.91 Å². The smallest absolute Gasteiger partial charge is 0.254 e. The molecule has 1 aromatic heterocycles. The van der Waals surface area contributed by atoms with Crippen molar-refractivity contribution in [1.29, 1.82) is 0 Å². The van der Waals surface area contributed by atoms with Crippen LogP contribution in [-0.2, 0) is 0 Å². The van der Waals surface area contributed by atoms with Gasteiger partial charge in [-0.1, -0.05) is 29.8 Å². The summed E-state index contributed by atoms with van der Waals surface area (Å²) in [7, 11) is 0. The molecule has 3 rings (SSSR count). The van der Waals surface area contributed by atoms with Gasteiger partial charge in [-0.25, -0.2) is 4.98 Å². The molecule has 1 aliphatic rings. The number of hydrogen-bond acceptors (Lipinski definition) is 3. The number of anilines is 1. The van der Waals surface area contributed by atoms with Crippen LogP contribution in [0.2, 0.25) is 5.15 Å². The molecule has 0 spiro atoms. The summed E-state index contributed by atoms with van der Waals surface area (Å²) in [5.41, 5.74) is 2.44. The molecule has 0 unspecified atom stereocenters. The quantitative estimate of drug-likeness (QED) is 0.777. The summed E-state index contributed by atoms with van der Waals surface area (Å²) in [5.74, 6) is 0.529. The van der Waals surface area contributed by atoms with Gasteiger partial charge in [-0.05, 0) is 62.8 Å². The van der Waals surface area contributed by atoms with Gasteiger partial charge in [0.1, 0.15) is 5.15 Å². The van der Waals surface area contributed by atoms with Gasteiger partial charge < -0.3 is 10.6 Å². The summed E-state index contributed by atoms with van der Waals surface area (Å²) in [5, 5.41) is 6.88. The van der Waals surface area contributed by atoms with Crippen molar-refractivity contribution in [3.05, 3.63) is 58.9 Å². The molecule has 1 aliphatic carbocycles. The Kier molecular flexibility index (Phi) is 5.92. The third-order valence-corrected chi connectivity index (χ3v) is 5.07. The minimum absolute atomic E-state index is 0.122. The predicted octanol–water partition coefficient (Wildman–Crippen LogP) is 4.44. The lowest BCUT2D eigenvalue weighted by atomic mass is 9.86. The Morgan fingerprint density at radius 1 is 1.12 bits per heavy atom. The first kappa shape index (κ1) is 17.7. The van der Waals surface area contributed by atoms with E-state index in [0.717, 1.165) is 37.9 Å². The number of aromatic nitrogens is 1. The van der Waals surface area contributed by atoms with Crippen LogP contribution < -0.4 is 10.6 Å². The second-order valence-electron chi connectivity index (χ2n) is 6.73. The molecule has 0 radical (unpaired) electrons. The summed E-state index contributed by atoms with van der Waals surface area (Å²) in [4.78, 5) is 16.5. The first-order valence-electron chi connectivity index (χ1n) is 8.85. The predicted molar refractivity (Wildman–Crippen MR) is 102 cm³/mol. The molecule has 1 heterocycles. The third kappa shape index (κ3) is 4.95. The number of benzene rings is 1. The summed E-state index contributed by atoms with van der Waals surface area (Å²) in [6.45, 7) is 2.84. The maximum absolute atomic E-state index is 12.4. The molecule has 0 aliphatic heterocycles. The van der Waals surface area contributed by atoms with Crippen LogP contribution >= 0.6 is 11.6 Å². The molecule has 4 nitrogen and oxygen atoms in total.